The normalized spacial score (nSPS) is 26.2. The molecule has 0 unspecified atom stereocenters. The zero-order valence-corrected chi connectivity index (χ0v) is 18.4. The van der Waals surface area contributed by atoms with Crippen LogP contribution in [-0.2, 0) is 11.3 Å². The number of nitrogens with one attached hydrogen (secondary N) is 1. The Labute approximate surface area is 191 Å². The number of carbonyl (C=O) groups excluding carboxylic acids is 2. The van der Waals surface area contributed by atoms with Crippen molar-refractivity contribution in [3.63, 3.8) is 0 Å². The number of aromatic nitrogens is 3. The standard InChI is InChI=1S/C24H27N5O4/c1-2-4-14-7-8-18-21-20(22(31)27-15-5-3-6-15)16(13-30)19(12-28(18)23(14)32)29(21)24(33)17-11-25-9-10-26-17/h2,4,7-11,15-16,19-21,30H,3,5-6,12-13H2,1H3,(H,27,31)/b4-2-/t16-,19-,20+,21+/m1/s1. The summed E-state index contributed by atoms with van der Waals surface area (Å²) in [6.45, 7) is 1.79. The van der Waals surface area contributed by atoms with Gasteiger partial charge >= 0.3 is 0 Å². The van der Waals surface area contributed by atoms with E-state index >= 15 is 0 Å². The number of amides is 2. The summed E-state index contributed by atoms with van der Waals surface area (Å²) in [5, 5.41) is 13.4. The molecule has 1 saturated heterocycles. The van der Waals surface area contributed by atoms with Crippen LogP contribution < -0.4 is 10.9 Å². The Morgan fingerprint density at radius 2 is 2.09 bits per heavy atom. The van der Waals surface area contributed by atoms with Gasteiger partial charge in [0, 0.05) is 48.8 Å². The molecule has 1 saturated carbocycles. The van der Waals surface area contributed by atoms with Crippen LogP contribution in [0.1, 0.15) is 54.0 Å². The fourth-order valence-electron chi connectivity index (χ4n) is 5.40. The molecule has 0 aromatic carbocycles. The van der Waals surface area contributed by atoms with Crippen molar-refractivity contribution >= 4 is 17.9 Å². The van der Waals surface area contributed by atoms with Crippen LogP contribution in [0.3, 0.4) is 0 Å². The molecule has 2 bridgehead atoms. The summed E-state index contributed by atoms with van der Waals surface area (Å²) in [6.07, 6.45) is 10.8. The lowest BCUT2D eigenvalue weighted by molar-refractivity contribution is -0.128. The fraction of sp³-hybridized carbons (Fsp3) is 0.458. The van der Waals surface area contributed by atoms with Crippen molar-refractivity contribution in [1.29, 1.82) is 0 Å². The zero-order chi connectivity index (χ0) is 23.1. The number of hydrogen-bond acceptors (Lipinski definition) is 6. The van der Waals surface area contributed by atoms with Crippen molar-refractivity contribution in [3.05, 3.63) is 64.1 Å². The van der Waals surface area contributed by atoms with Crippen molar-refractivity contribution in [1.82, 2.24) is 24.8 Å². The van der Waals surface area contributed by atoms with E-state index < -0.39 is 23.9 Å². The third-order valence-electron chi connectivity index (χ3n) is 7.19. The first-order chi connectivity index (χ1) is 16.0. The van der Waals surface area contributed by atoms with E-state index in [1.54, 1.807) is 27.7 Å². The summed E-state index contributed by atoms with van der Waals surface area (Å²) in [5.41, 5.74) is 1.16. The van der Waals surface area contributed by atoms with Crippen LogP contribution in [0.5, 0.6) is 0 Å². The summed E-state index contributed by atoms with van der Waals surface area (Å²) in [5.74, 6) is -1.70. The molecule has 9 heteroatoms. The van der Waals surface area contributed by atoms with Crippen molar-refractivity contribution < 1.29 is 14.7 Å². The van der Waals surface area contributed by atoms with Crippen molar-refractivity contribution in [2.45, 2.75) is 50.9 Å². The van der Waals surface area contributed by atoms with Crippen molar-refractivity contribution in [2.24, 2.45) is 11.8 Å². The molecule has 3 aliphatic rings. The van der Waals surface area contributed by atoms with Gasteiger partial charge < -0.3 is 19.9 Å². The highest BCUT2D eigenvalue weighted by Gasteiger charge is 2.58. The summed E-state index contributed by atoms with van der Waals surface area (Å²) in [7, 11) is 0. The van der Waals surface area contributed by atoms with Gasteiger partial charge in [0.1, 0.15) is 5.69 Å². The molecule has 2 N–H and O–H groups in total. The first-order valence-corrected chi connectivity index (χ1v) is 11.4. The molecule has 0 radical (unpaired) electrons. The largest absolute Gasteiger partial charge is 0.396 e. The molecule has 4 atom stereocenters. The molecule has 2 aromatic rings. The number of carbonyl (C=O) groups is 2. The average molecular weight is 450 g/mol. The van der Waals surface area contributed by atoms with Crippen LogP contribution in [0.2, 0.25) is 0 Å². The molecule has 33 heavy (non-hydrogen) atoms. The van der Waals surface area contributed by atoms with Crippen LogP contribution in [0.4, 0.5) is 0 Å². The van der Waals surface area contributed by atoms with E-state index in [1.165, 1.54) is 18.6 Å². The highest BCUT2D eigenvalue weighted by molar-refractivity contribution is 5.94. The van der Waals surface area contributed by atoms with Crippen LogP contribution in [0.25, 0.3) is 6.08 Å². The molecule has 2 fully saturated rings. The topological polar surface area (TPSA) is 117 Å². The zero-order valence-electron chi connectivity index (χ0n) is 18.4. The number of aliphatic hydroxyl groups excluding tert-OH is 1. The minimum atomic E-state index is -0.678. The van der Waals surface area contributed by atoms with E-state index in [0.717, 1.165) is 19.3 Å². The summed E-state index contributed by atoms with van der Waals surface area (Å²) in [4.78, 5) is 50.0. The maximum absolute atomic E-state index is 13.6. The molecule has 9 nitrogen and oxygen atoms in total. The molecule has 0 spiro atoms. The smallest absolute Gasteiger partial charge is 0.274 e. The molecular weight excluding hydrogens is 422 g/mol. The minimum absolute atomic E-state index is 0.126. The Kier molecular flexibility index (Phi) is 5.57. The number of rotatable bonds is 5. The van der Waals surface area contributed by atoms with Crippen LogP contribution in [-0.4, -0.2) is 55.0 Å². The molecule has 2 aliphatic heterocycles. The highest BCUT2D eigenvalue weighted by Crippen LogP contribution is 2.49. The van der Waals surface area contributed by atoms with E-state index in [2.05, 4.69) is 15.3 Å². The third kappa shape index (κ3) is 3.47. The molecule has 2 aromatic heterocycles. The molecule has 1 aliphatic carbocycles. The molecule has 172 valence electrons. The lowest BCUT2D eigenvalue weighted by Gasteiger charge is -2.38. The number of aliphatic hydroxyl groups is 1. The SMILES string of the molecule is C/C=C\c1ccc2n(c1=O)C[C@@H]1[C@@H](CO)[C@H](C(=O)NC3CCC3)[C@H]2N1C(=O)c1cnccn1. The Morgan fingerprint density at radius 1 is 1.27 bits per heavy atom. The van der Waals surface area contributed by atoms with Gasteiger partial charge in [0.05, 0.1) is 24.2 Å². The lowest BCUT2D eigenvalue weighted by atomic mass is 9.85. The van der Waals surface area contributed by atoms with E-state index in [1.807, 2.05) is 13.0 Å². The Bertz CT molecular complexity index is 1160. The van der Waals surface area contributed by atoms with Gasteiger partial charge in [-0.15, -0.1) is 0 Å². The van der Waals surface area contributed by atoms with Gasteiger partial charge in [0.2, 0.25) is 5.91 Å². The maximum Gasteiger partial charge on any atom is 0.274 e. The molecule has 5 rings (SSSR count). The number of fused-ring (bicyclic) bond motifs is 4. The number of pyridine rings is 1. The van der Waals surface area contributed by atoms with Crippen LogP contribution in [0.15, 0.2) is 41.6 Å². The molecule has 4 heterocycles. The summed E-state index contributed by atoms with van der Waals surface area (Å²) < 4.78 is 1.66. The lowest BCUT2D eigenvalue weighted by Crippen LogP contribution is -2.49. The van der Waals surface area contributed by atoms with E-state index in [4.69, 9.17) is 0 Å². The Morgan fingerprint density at radius 3 is 2.73 bits per heavy atom. The first kappa shape index (κ1) is 21.5. The van der Waals surface area contributed by atoms with E-state index in [-0.39, 0.29) is 42.3 Å². The van der Waals surface area contributed by atoms with Gasteiger partial charge in [-0.3, -0.25) is 19.4 Å². The molecule has 2 amide bonds. The number of hydrogen-bond donors (Lipinski definition) is 2. The first-order valence-electron chi connectivity index (χ1n) is 11.4. The van der Waals surface area contributed by atoms with Gasteiger partial charge in [-0.1, -0.05) is 12.2 Å². The molecular formula is C24H27N5O4. The minimum Gasteiger partial charge on any atom is -0.396 e. The Balaban J connectivity index is 1.62. The maximum atomic E-state index is 13.6. The summed E-state index contributed by atoms with van der Waals surface area (Å²) >= 11 is 0. The van der Waals surface area contributed by atoms with Gasteiger partial charge in [-0.25, -0.2) is 4.98 Å². The highest BCUT2D eigenvalue weighted by atomic mass is 16.3. The van der Waals surface area contributed by atoms with Crippen LogP contribution in [0, 0.1) is 11.8 Å². The van der Waals surface area contributed by atoms with Crippen molar-refractivity contribution in [2.75, 3.05) is 6.61 Å². The predicted molar refractivity (Wildman–Crippen MR) is 120 cm³/mol. The van der Waals surface area contributed by atoms with Gasteiger partial charge in [-0.05, 0) is 38.3 Å². The quantitative estimate of drug-likeness (QED) is 0.707. The van der Waals surface area contributed by atoms with Gasteiger partial charge in [0.25, 0.3) is 11.5 Å². The van der Waals surface area contributed by atoms with Crippen molar-refractivity contribution in [3.8, 4) is 0 Å². The fourth-order valence-corrected chi connectivity index (χ4v) is 5.40. The van der Waals surface area contributed by atoms with E-state index in [9.17, 15) is 19.5 Å². The number of nitrogens with zero attached hydrogens (tertiary/aromatic N) is 4. The second-order valence-electron chi connectivity index (χ2n) is 8.95. The second kappa shape index (κ2) is 8.55. The number of allylic oxidation sites excluding steroid dienone is 1. The van der Waals surface area contributed by atoms with E-state index in [0.29, 0.717) is 11.3 Å². The van der Waals surface area contributed by atoms with Gasteiger partial charge in [-0.2, -0.15) is 0 Å². The summed E-state index contributed by atoms with van der Waals surface area (Å²) in [6, 6.07) is 2.48. The average Bonchev–Trinajstić information content (AvgIpc) is 3.05. The second-order valence-corrected chi connectivity index (χ2v) is 8.95. The third-order valence-corrected chi connectivity index (χ3v) is 7.19. The monoisotopic (exact) mass is 449 g/mol. The van der Waals surface area contributed by atoms with Crippen LogP contribution >= 0.6 is 0 Å². The van der Waals surface area contributed by atoms with Gasteiger partial charge in [0.15, 0.2) is 0 Å². The predicted octanol–water partition coefficient (Wildman–Crippen LogP) is 1.14. The Hall–Kier alpha value is -3.33.